The Morgan fingerprint density at radius 1 is 0.925 bits per heavy atom. The first-order valence-electron chi connectivity index (χ1n) is 11.7. The van der Waals surface area contributed by atoms with Crippen molar-refractivity contribution in [3.05, 3.63) is 71.4 Å². The Hall–Kier alpha value is -3.77. The summed E-state index contributed by atoms with van der Waals surface area (Å²) >= 11 is 6.35. The molecule has 0 saturated carbocycles. The largest absolute Gasteiger partial charge is 0.511 e. The minimum absolute atomic E-state index is 0.0381. The maximum absolute atomic E-state index is 13.3. The summed E-state index contributed by atoms with van der Waals surface area (Å²) in [6, 6.07) is 12.4. The van der Waals surface area contributed by atoms with Crippen LogP contribution >= 0.6 is 21.8 Å². The van der Waals surface area contributed by atoms with Gasteiger partial charge in [-0.15, -0.1) is 0 Å². The lowest BCUT2D eigenvalue weighted by Crippen LogP contribution is -2.12. The molecular formula is C27H23ClF5NO5S. The molecule has 0 radical (unpaired) electrons. The standard InChI is InChI=1S/C27H23ClF5NO5S/c1-4-37-27(35)39-15-38-26-21-13-22(28)24(36-3)14-23(21)34-16(2)25(26)18-10-8-17(9-11-18)19-6-5-7-20(12-19)40(29,30,31,32)33/h5-14H,4,15H2,1-3H3. The van der Waals surface area contributed by atoms with Gasteiger partial charge in [-0.3, -0.25) is 4.98 Å². The van der Waals surface area contributed by atoms with Gasteiger partial charge in [-0.05, 0) is 48.7 Å². The Morgan fingerprint density at radius 2 is 1.60 bits per heavy atom. The Kier molecular flexibility index (Phi) is 7.31. The average molecular weight is 604 g/mol. The van der Waals surface area contributed by atoms with Crippen LogP contribution < -0.4 is 9.47 Å². The molecule has 1 aromatic heterocycles. The van der Waals surface area contributed by atoms with Crippen LogP contribution in [0.15, 0.2) is 65.6 Å². The maximum atomic E-state index is 13.3. The first kappa shape index (κ1) is 29.2. The second-order valence-electron chi connectivity index (χ2n) is 8.57. The van der Waals surface area contributed by atoms with Crippen molar-refractivity contribution in [2.45, 2.75) is 18.7 Å². The van der Waals surface area contributed by atoms with E-state index < -0.39 is 28.1 Å². The van der Waals surface area contributed by atoms with E-state index >= 15 is 0 Å². The van der Waals surface area contributed by atoms with Crippen molar-refractivity contribution in [2.24, 2.45) is 0 Å². The number of aryl methyl sites for hydroxylation is 1. The zero-order valence-corrected chi connectivity index (χ0v) is 22.9. The zero-order valence-electron chi connectivity index (χ0n) is 21.4. The fourth-order valence-electron chi connectivity index (χ4n) is 4.04. The Bertz CT molecular complexity index is 1600. The molecule has 4 rings (SSSR count). The Morgan fingerprint density at radius 3 is 2.23 bits per heavy atom. The maximum Gasteiger partial charge on any atom is 0.511 e. The number of carbonyl (C=O) groups is 1. The van der Waals surface area contributed by atoms with Gasteiger partial charge in [0.1, 0.15) is 16.4 Å². The lowest BCUT2D eigenvalue weighted by atomic mass is 9.97. The molecule has 0 aliphatic heterocycles. The third-order valence-corrected chi connectivity index (χ3v) is 7.26. The van der Waals surface area contributed by atoms with Crippen molar-refractivity contribution in [3.8, 4) is 33.8 Å². The van der Waals surface area contributed by atoms with Gasteiger partial charge >= 0.3 is 16.4 Å². The van der Waals surface area contributed by atoms with E-state index in [4.69, 9.17) is 30.5 Å². The third-order valence-electron chi connectivity index (χ3n) is 5.82. The highest BCUT2D eigenvalue weighted by atomic mass is 35.5. The molecule has 0 fully saturated rings. The number of methoxy groups -OCH3 is 1. The SMILES string of the molecule is CCOC(=O)OCOc1c(-c2ccc(-c3cccc(S(F)(F)(F)(F)F)c3)cc2)c(C)nc2cc(OC)c(Cl)cc12. The monoisotopic (exact) mass is 603 g/mol. The van der Waals surface area contributed by atoms with E-state index in [1.165, 1.54) is 25.3 Å². The molecule has 0 bridgehead atoms. The summed E-state index contributed by atoms with van der Waals surface area (Å²) in [6.45, 7) is 2.92. The highest BCUT2D eigenvalue weighted by Crippen LogP contribution is 3.02. The van der Waals surface area contributed by atoms with Crippen LogP contribution in [0.4, 0.5) is 24.2 Å². The van der Waals surface area contributed by atoms with Gasteiger partial charge in [0.25, 0.3) is 0 Å². The number of fused-ring (bicyclic) bond motifs is 1. The topological polar surface area (TPSA) is 66.9 Å². The molecule has 0 spiro atoms. The van der Waals surface area contributed by atoms with Crippen LogP contribution in [-0.4, -0.2) is 31.6 Å². The highest BCUT2D eigenvalue weighted by molar-refractivity contribution is 8.45. The molecule has 0 saturated heterocycles. The molecule has 0 aliphatic carbocycles. The number of halogens is 6. The van der Waals surface area contributed by atoms with Gasteiger partial charge < -0.3 is 18.9 Å². The molecule has 1 heterocycles. The molecule has 0 N–H and O–H groups in total. The van der Waals surface area contributed by atoms with E-state index in [0.29, 0.717) is 45.6 Å². The van der Waals surface area contributed by atoms with Gasteiger partial charge in [0, 0.05) is 22.7 Å². The number of hydrogen-bond donors (Lipinski definition) is 0. The molecule has 214 valence electrons. The van der Waals surface area contributed by atoms with Gasteiger partial charge in [-0.2, -0.15) is 0 Å². The molecule has 4 aromatic rings. The number of aromatic nitrogens is 1. The van der Waals surface area contributed by atoms with Crippen molar-refractivity contribution in [3.63, 3.8) is 0 Å². The van der Waals surface area contributed by atoms with Crippen LogP contribution in [0.2, 0.25) is 5.02 Å². The number of ether oxygens (including phenoxy) is 4. The first-order valence-corrected chi connectivity index (χ1v) is 14.0. The van der Waals surface area contributed by atoms with E-state index in [2.05, 4.69) is 4.98 Å². The second-order valence-corrected chi connectivity index (χ2v) is 11.4. The third kappa shape index (κ3) is 6.34. The van der Waals surface area contributed by atoms with Crippen LogP contribution in [-0.2, 0) is 9.47 Å². The van der Waals surface area contributed by atoms with Crippen molar-refractivity contribution < 1.29 is 43.2 Å². The second kappa shape index (κ2) is 10.0. The summed E-state index contributed by atoms with van der Waals surface area (Å²) < 4.78 is 87.5. The predicted octanol–water partition coefficient (Wildman–Crippen LogP) is 9.71. The summed E-state index contributed by atoms with van der Waals surface area (Å²) in [5.41, 5.74) is 2.23. The fraction of sp³-hybridized carbons (Fsp3) is 0.185. The normalized spacial score (nSPS) is 13.3. The van der Waals surface area contributed by atoms with Crippen LogP contribution in [0.3, 0.4) is 0 Å². The summed E-state index contributed by atoms with van der Waals surface area (Å²) in [5.74, 6) is 0.632. The Balaban J connectivity index is 1.79. The van der Waals surface area contributed by atoms with E-state index in [-0.39, 0.29) is 28.5 Å². The van der Waals surface area contributed by atoms with Crippen molar-refractivity contribution in [2.75, 3.05) is 20.5 Å². The van der Waals surface area contributed by atoms with Gasteiger partial charge in [-0.1, -0.05) is 67.4 Å². The molecule has 0 aliphatic rings. The average Bonchev–Trinajstić information content (AvgIpc) is 2.88. The molecule has 3 aromatic carbocycles. The molecule has 0 unspecified atom stereocenters. The van der Waals surface area contributed by atoms with Crippen molar-refractivity contribution in [1.82, 2.24) is 4.98 Å². The van der Waals surface area contributed by atoms with Crippen LogP contribution in [0.1, 0.15) is 12.6 Å². The summed E-state index contributed by atoms with van der Waals surface area (Å²) in [6.07, 6.45) is -0.933. The van der Waals surface area contributed by atoms with Crippen LogP contribution in [0, 0.1) is 6.92 Å². The summed E-state index contributed by atoms with van der Waals surface area (Å²) in [4.78, 5) is 14.3. The van der Waals surface area contributed by atoms with E-state index in [1.54, 1.807) is 38.1 Å². The van der Waals surface area contributed by atoms with E-state index in [0.717, 1.165) is 6.07 Å². The van der Waals surface area contributed by atoms with E-state index in [1.807, 2.05) is 0 Å². The highest BCUT2D eigenvalue weighted by Gasteiger charge is 2.65. The van der Waals surface area contributed by atoms with E-state index in [9.17, 15) is 24.2 Å². The Labute approximate surface area is 231 Å². The number of rotatable bonds is 8. The summed E-state index contributed by atoms with van der Waals surface area (Å²) in [7, 11) is -8.40. The minimum Gasteiger partial charge on any atom is -0.495 e. The molecule has 40 heavy (non-hydrogen) atoms. The molecule has 0 amide bonds. The number of pyridine rings is 1. The fourth-order valence-corrected chi connectivity index (χ4v) is 4.97. The smallest absolute Gasteiger partial charge is 0.495 e. The number of benzene rings is 3. The minimum atomic E-state index is -9.85. The molecule has 13 heteroatoms. The van der Waals surface area contributed by atoms with Gasteiger partial charge in [0.05, 0.1) is 24.3 Å². The number of hydrogen-bond acceptors (Lipinski definition) is 6. The van der Waals surface area contributed by atoms with Crippen LogP contribution in [0.5, 0.6) is 11.5 Å². The summed E-state index contributed by atoms with van der Waals surface area (Å²) in [5, 5.41) is 0.730. The molecular weight excluding hydrogens is 581 g/mol. The lowest BCUT2D eigenvalue weighted by molar-refractivity contribution is 0.00755. The molecule has 0 atom stereocenters. The van der Waals surface area contributed by atoms with Gasteiger partial charge in [0.15, 0.2) is 0 Å². The lowest BCUT2D eigenvalue weighted by Gasteiger charge is -2.40. The van der Waals surface area contributed by atoms with Crippen molar-refractivity contribution in [1.29, 1.82) is 0 Å². The quantitative estimate of drug-likeness (QED) is 0.113. The number of nitrogens with zero attached hydrogens (tertiary/aromatic N) is 1. The van der Waals surface area contributed by atoms with Gasteiger partial charge in [-0.25, -0.2) is 4.79 Å². The number of carbonyl (C=O) groups excluding carboxylic acids is 1. The van der Waals surface area contributed by atoms with Gasteiger partial charge in [0.2, 0.25) is 6.79 Å². The first-order chi connectivity index (χ1) is 18.6. The zero-order chi connectivity index (χ0) is 29.4. The van der Waals surface area contributed by atoms with Crippen LogP contribution in [0.25, 0.3) is 33.2 Å². The molecule has 6 nitrogen and oxygen atoms in total. The predicted molar refractivity (Wildman–Crippen MR) is 144 cm³/mol. The van der Waals surface area contributed by atoms with Crippen molar-refractivity contribution >= 4 is 38.9 Å².